The van der Waals surface area contributed by atoms with Crippen LogP contribution in [0.4, 0.5) is 0 Å². The fourth-order valence-electron chi connectivity index (χ4n) is 3.48. The molecule has 6 nitrogen and oxygen atoms in total. The second kappa shape index (κ2) is 14.3. The van der Waals surface area contributed by atoms with Crippen molar-refractivity contribution >= 4 is 18.4 Å². The van der Waals surface area contributed by atoms with Gasteiger partial charge in [0, 0.05) is 6.54 Å². The van der Waals surface area contributed by atoms with Gasteiger partial charge in [0.2, 0.25) is 0 Å². The van der Waals surface area contributed by atoms with E-state index < -0.39 is 12.1 Å². The zero-order chi connectivity index (χ0) is 23.5. The molecule has 3 aromatic carbocycles. The Morgan fingerprint density at radius 1 is 0.882 bits per heavy atom. The number of rotatable bonds is 12. The minimum absolute atomic E-state index is 0. The third kappa shape index (κ3) is 7.76. The van der Waals surface area contributed by atoms with E-state index in [1.165, 1.54) is 0 Å². The van der Waals surface area contributed by atoms with E-state index in [4.69, 9.17) is 14.2 Å². The minimum atomic E-state index is -0.790. The molecular weight excluding hydrogens is 454 g/mol. The van der Waals surface area contributed by atoms with Crippen LogP contribution in [0.2, 0.25) is 0 Å². The van der Waals surface area contributed by atoms with Crippen molar-refractivity contribution in [3.8, 4) is 11.5 Å². The topological polar surface area (TPSA) is 77.0 Å². The van der Waals surface area contributed by atoms with E-state index in [0.29, 0.717) is 24.7 Å². The van der Waals surface area contributed by atoms with Crippen LogP contribution in [0.15, 0.2) is 78.9 Å². The SMILES string of the molecule is CCOC(=O)c1cc(OCC)ccc1OCC(O)CNC(c1ccccc1)c1ccccc1.Cl. The van der Waals surface area contributed by atoms with Crippen LogP contribution >= 0.6 is 12.4 Å². The molecule has 0 fully saturated rings. The average molecular weight is 486 g/mol. The summed E-state index contributed by atoms with van der Waals surface area (Å²) in [6.45, 7) is 4.68. The zero-order valence-corrected chi connectivity index (χ0v) is 20.3. The summed E-state index contributed by atoms with van der Waals surface area (Å²) in [4.78, 5) is 12.4. The van der Waals surface area contributed by atoms with Gasteiger partial charge in [0.1, 0.15) is 29.8 Å². The van der Waals surface area contributed by atoms with E-state index >= 15 is 0 Å². The third-order valence-electron chi connectivity index (χ3n) is 5.01. The summed E-state index contributed by atoms with van der Waals surface area (Å²) in [5, 5.41) is 14.0. The number of ether oxygens (including phenoxy) is 3. The standard InChI is InChI=1S/C27H31NO5.ClH/c1-3-31-23-15-16-25(24(17-23)27(30)32-4-2)33-19-22(29)18-28-26(20-11-7-5-8-12-20)21-13-9-6-10-14-21;/h5-17,22,26,28-29H,3-4,18-19H2,1-2H3;1H. The summed E-state index contributed by atoms with van der Waals surface area (Å²) in [5.74, 6) is 0.414. The molecule has 0 amide bonds. The van der Waals surface area contributed by atoms with Crippen LogP contribution in [0.1, 0.15) is 41.4 Å². The fraction of sp³-hybridized carbons (Fsp3) is 0.296. The van der Waals surface area contributed by atoms with Crippen LogP contribution in [0.3, 0.4) is 0 Å². The normalized spacial score (nSPS) is 11.4. The van der Waals surface area contributed by atoms with Crippen molar-refractivity contribution in [1.82, 2.24) is 5.32 Å². The van der Waals surface area contributed by atoms with Crippen LogP contribution in [0.25, 0.3) is 0 Å². The molecule has 0 radical (unpaired) electrons. The maximum Gasteiger partial charge on any atom is 0.342 e. The minimum Gasteiger partial charge on any atom is -0.494 e. The van der Waals surface area contributed by atoms with Crippen LogP contribution in [-0.2, 0) is 4.74 Å². The molecule has 1 atom stereocenters. The van der Waals surface area contributed by atoms with Gasteiger partial charge in [-0.3, -0.25) is 0 Å². The number of benzene rings is 3. The van der Waals surface area contributed by atoms with Crippen molar-refractivity contribution in [3.63, 3.8) is 0 Å². The first kappa shape index (κ1) is 27.2. The monoisotopic (exact) mass is 485 g/mol. The first-order valence-electron chi connectivity index (χ1n) is 11.2. The Morgan fingerprint density at radius 2 is 1.50 bits per heavy atom. The highest BCUT2D eigenvalue weighted by molar-refractivity contribution is 5.93. The lowest BCUT2D eigenvalue weighted by Gasteiger charge is -2.22. The Hall–Kier alpha value is -3.06. The fourth-order valence-corrected chi connectivity index (χ4v) is 3.48. The van der Waals surface area contributed by atoms with Gasteiger partial charge in [-0.1, -0.05) is 60.7 Å². The molecular formula is C27H32ClNO5. The molecule has 0 spiro atoms. The molecule has 0 saturated heterocycles. The molecule has 3 aromatic rings. The van der Waals surface area contributed by atoms with Gasteiger partial charge in [-0.25, -0.2) is 4.79 Å². The highest BCUT2D eigenvalue weighted by Crippen LogP contribution is 2.26. The molecule has 1 unspecified atom stereocenters. The van der Waals surface area contributed by atoms with Crippen LogP contribution in [0, 0.1) is 0 Å². The third-order valence-corrected chi connectivity index (χ3v) is 5.01. The molecule has 0 aliphatic rings. The van der Waals surface area contributed by atoms with E-state index in [1.807, 2.05) is 43.3 Å². The summed E-state index contributed by atoms with van der Waals surface area (Å²) in [5.41, 5.74) is 2.48. The lowest BCUT2D eigenvalue weighted by molar-refractivity contribution is 0.0514. The smallest absolute Gasteiger partial charge is 0.342 e. The Morgan fingerprint density at radius 3 is 2.06 bits per heavy atom. The molecule has 34 heavy (non-hydrogen) atoms. The molecule has 0 bridgehead atoms. The summed E-state index contributed by atoms with van der Waals surface area (Å²) < 4.78 is 16.4. The van der Waals surface area contributed by atoms with Crippen LogP contribution in [-0.4, -0.2) is 43.5 Å². The second-order valence-corrected chi connectivity index (χ2v) is 7.44. The van der Waals surface area contributed by atoms with Crippen molar-refractivity contribution in [2.45, 2.75) is 26.0 Å². The van der Waals surface area contributed by atoms with Gasteiger partial charge >= 0.3 is 5.97 Å². The van der Waals surface area contributed by atoms with E-state index in [1.54, 1.807) is 25.1 Å². The van der Waals surface area contributed by atoms with E-state index in [2.05, 4.69) is 29.6 Å². The van der Waals surface area contributed by atoms with Gasteiger partial charge in [0.15, 0.2) is 0 Å². The van der Waals surface area contributed by atoms with Crippen molar-refractivity contribution in [1.29, 1.82) is 0 Å². The van der Waals surface area contributed by atoms with E-state index in [-0.39, 0.29) is 37.2 Å². The molecule has 0 aromatic heterocycles. The Labute approximate surface area is 207 Å². The van der Waals surface area contributed by atoms with Gasteiger partial charge in [0.25, 0.3) is 0 Å². The summed E-state index contributed by atoms with van der Waals surface area (Å²) in [6.07, 6.45) is -0.790. The number of aliphatic hydroxyl groups is 1. The predicted octanol–water partition coefficient (Wildman–Crippen LogP) is 4.80. The van der Waals surface area contributed by atoms with Gasteiger partial charge in [0.05, 0.1) is 19.3 Å². The van der Waals surface area contributed by atoms with Gasteiger partial charge in [-0.05, 0) is 43.2 Å². The number of esters is 1. The summed E-state index contributed by atoms with van der Waals surface area (Å²) in [7, 11) is 0. The first-order valence-corrected chi connectivity index (χ1v) is 11.2. The number of aliphatic hydroxyl groups excluding tert-OH is 1. The van der Waals surface area contributed by atoms with Gasteiger partial charge in [-0.15, -0.1) is 12.4 Å². The molecule has 0 aliphatic heterocycles. The zero-order valence-electron chi connectivity index (χ0n) is 19.5. The lowest BCUT2D eigenvalue weighted by atomic mass is 9.98. The molecule has 3 rings (SSSR count). The molecule has 0 heterocycles. The first-order chi connectivity index (χ1) is 16.1. The molecule has 0 saturated carbocycles. The maximum absolute atomic E-state index is 12.4. The van der Waals surface area contributed by atoms with Crippen LogP contribution in [0.5, 0.6) is 11.5 Å². The highest BCUT2D eigenvalue weighted by Gasteiger charge is 2.18. The molecule has 0 aliphatic carbocycles. The Kier molecular flexibility index (Phi) is 11.4. The van der Waals surface area contributed by atoms with Crippen molar-refractivity contribution in [2.75, 3.05) is 26.4 Å². The number of halogens is 1. The summed E-state index contributed by atoms with van der Waals surface area (Å²) >= 11 is 0. The van der Waals surface area contributed by atoms with Crippen molar-refractivity contribution in [3.05, 3.63) is 95.6 Å². The van der Waals surface area contributed by atoms with E-state index in [9.17, 15) is 9.90 Å². The quantitative estimate of drug-likeness (QED) is 0.359. The largest absolute Gasteiger partial charge is 0.494 e. The molecule has 182 valence electrons. The molecule has 2 N–H and O–H groups in total. The number of nitrogens with one attached hydrogen (secondary N) is 1. The number of carbonyl (C=O) groups is 1. The summed E-state index contributed by atoms with van der Waals surface area (Å²) in [6, 6.07) is 25.1. The Balaban J connectivity index is 0.00000408. The van der Waals surface area contributed by atoms with E-state index in [0.717, 1.165) is 11.1 Å². The number of hydrogen-bond donors (Lipinski definition) is 2. The lowest BCUT2D eigenvalue weighted by Crippen LogP contribution is -2.34. The highest BCUT2D eigenvalue weighted by atomic mass is 35.5. The van der Waals surface area contributed by atoms with Crippen LogP contribution < -0.4 is 14.8 Å². The second-order valence-electron chi connectivity index (χ2n) is 7.44. The van der Waals surface area contributed by atoms with Gasteiger partial charge < -0.3 is 24.6 Å². The number of carbonyl (C=O) groups excluding carboxylic acids is 1. The Bertz CT molecular complexity index is 961. The van der Waals surface area contributed by atoms with Crippen molar-refractivity contribution < 1.29 is 24.1 Å². The van der Waals surface area contributed by atoms with Gasteiger partial charge in [-0.2, -0.15) is 0 Å². The predicted molar refractivity (Wildman–Crippen MR) is 135 cm³/mol. The molecule has 7 heteroatoms. The maximum atomic E-state index is 12.4. The average Bonchev–Trinajstić information content (AvgIpc) is 2.85. The number of hydrogen-bond acceptors (Lipinski definition) is 6. The van der Waals surface area contributed by atoms with Crippen molar-refractivity contribution in [2.24, 2.45) is 0 Å².